The van der Waals surface area contributed by atoms with Crippen LogP contribution in [0.1, 0.15) is 5.56 Å². The van der Waals surface area contributed by atoms with E-state index in [2.05, 4.69) is 11.1 Å². The summed E-state index contributed by atoms with van der Waals surface area (Å²) in [5.41, 5.74) is 1.85. The van der Waals surface area contributed by atoms with E-state index in [9.17, 15) is 4.79 Å². The van der Waals surface area contributed by atoms with Gasteiger partial charge in [-0.3, -0.25) is 4.79 Å². The third kappa shape index (κ3) is 1.06. The van der Waals surface area contributed by atoms with Crippen molar-refractivity contribution in [1.29, 1.82) is 5.26 Å². The summed E-state index contributed by atoms with van der Waals surface area (Å²) in [4.78, 5) is 14.5. The Kier molecular flexibility index (Phi) is 1.62. The third-order valence-corrected chi connectivity index (χ3v) is 2.60. The van der Waals surface area contributed by atoms with Gasteiger partial charge in [-0.1, -0.05) is 12.1 Å². The van der Waals surface area contributed by atoms with Crippen LogP contribution in [0.15, 0.2) is 41.3 Å². The SMILES string of the molecule is N#Cc1cc2[nH]c(=O)c3ccccc3n2c1. The van der Waals surface area contributed by atoms with Crippen LogP contribution < -0.4 is 5.56 Å². The van der Waals surface area contributed by atoms with Gasteiger partial charge in [0.2, 0.25) is 0 Å². The van der Waals surface area contributed by atoms with Crippen molar-refractivity contribution in [1.82, 2.24) is 9.38 Å². The van der Waals surface area contributed by atoms with E-state index in [1.165, 1.54) is 0 Å². The van der Waals surface area contributed by atoms with E-state index in [4.69, 9.17) is 5.26 Å². The summed E-state index contributed by atoms with van der Waals surface area (Å²) in [5.74, 6) is 0. The molecule has 0 spiro atoms. The fourth-order valence-corrected chi connectivity index (χ4v) is 1.88. The second kappa shape index (κ2) is 2.97. The fraction of sp³-hybridized carbons (Fsp3) is 0. The quantitative estimate of drug-likeness (QED) is 0.612. The molecule has 1 N–H and O–H groups in total. The maximum absolute atomic E-state index is 11.7. The molecule has 0 amide bonds. The number of para-hydroxylation sites is 1. The molecule has 0 saturated carbocycles. The average Bonchev–Trinajstić information content (AvgIpc) is 2.72. The number of rotatable bonds is 0. The number of hydrogen-bond acceptors (Lipinski definition) is 2. The minimum atomic E-state index is -0.134. The van der Waals surface area contributed by atoms with Gasteiger partial charge in [0.05, 0.1) is 16.5 Å². The van der Waals surface area contributed by atoms with Crippen molar-refractivity contribution >= 4 is 16.6 Å². The van der Waals surface area contributed by atoms with Crippen molar-refractivity contribution in [2.24, 2.45) is 0 Å². The molecule has 0 saturated heterocycles. The Morgan fingerprint density at radius 2 is 2.12 bits per heavy atom. The van der Waals surface area contributed by atoms with Gasteiger partial charge in [0, 0.05) is 6.20 Å². The topological polar surface area (TPSA) is 61.1 Å². The van der Waals surface area contributed by atoms with Crippen molar-refractivity contribution in [2.45, 2.75) is 0 Å². The molecule has 4 nitrogen and oxygen atoms in total. The maximum atomic E-state index is 11.7. The molecule has 4 heteroatoms. The Morgan fingerprint density at radius 1 is 1.31 bits per heavy atom. The molecule has 1 aromatic carbocycles. The first-order valence-corrected chi connectivity index (χ1v) is 4.83. The zero-order chi connectivity index (χ0) is 11.1. The van der Waals surface area contributed by atoms with E-state index in [-0.39, 0.29) is 5.56 Å². The van der Waals surface area contributed by atoms with Gasteiger partial charge in [-0.05, 0) is 18.2 Å². The molecule has 0 aliphatic rings. The highest BCUT2D eigenvalue weighted by atomic mass is 16.1. The first-order valence-electron chi connectivity index (χ1n) is 4.83. The summed E-state index contributed by atoms with van der Waals surface area (Å²) in [6.45, 7) is 0. The number of aromatic nitrogens is 2. The lowest BCUT2D eigenvalue weighted by molar-refractivity contribution is 1.17. The number of nitriles is 1. The molecule has 0 bridgehead atoms. The van der Waals surface area contributed by atoms with Gasteiger partial charge in [-0.2, -0.15) is 5.26 Å². The van der Waals surface area contributed by atoms with Crippen molar-refractivity contribution in [3.63, 3.8) is 0 Å². The molecule has 0 aliphatic heterocycles. The summed E-state index contributed by atoms with van der Waals surface area (Å²) in [6.07, 6.45) is 1.72. The van der Waals surface area contributed by atoms with Crippen LogP contribution >= 0.6 is 0 Å². The molecule has 0 unspecified atom stereocenters. The number of aromatic amines is 1. The Bertz CT molecular complexity index is 789. The van der Waals surface area contributed by atoms with Gasteiger partial charge >= 0.3 is 0 Å². The fourth-order valence-electron chi connectivity index (χ4n) is 1.88. The molecule has 2 heterocycles. The Morgan fingerprint density at radius 3 is 2.94 bits per heavy atom. The Labute approximate surface area is 90.4 Å². The van der Waals surface area contributed by atoms with Crippen LogP contribution in [0, 0.1) is 11.3 Å². The zero-order valence-electron chi connectivity index (χ0n) is 8.27. The second-order valence-corrected chi connectivity index (χ2v) is 3.57. The number of nitrogens with zero attached hydrogens (tertiary/aromatic N) is 2. The number of fused-ring (bicyclic) bond motifs is 3. The monoisotopic (exact) mass is 209 g/mol. The molecule has 0 atom stereocenters. The highest BCUT2D eigenvalue weighted by molar-refractivity contribution is 5.80. The lowest BCUT2D eigenvalue weighted by atomic mass is 10.2. The standard InChI is InChI=1S/C12H7N3O/c13-6-8-5-11-14-12(16)9-3-1-2-4-10(9)15(11)7-8/h1-5,7H,(H,14,16). The third-order valence-electron chi connectivity index (χ3n) is 2.60. The van der Waals surface area contributed by atoms with Gasteiger partial charge in [0.25, 0.3) is 5.56 Å². The van der Waals surface area contributed by atoms with E-state index in [0.717, 1.165) is 5.52 Å². The van der Waals surface area contributed by atoms with E-state index in [0.29, 0.717) is 16.6 Å². The molecule has 0 aliphatic carbocycles. The molecule has 0 fully saturated rings. The van der Waals surface area contributed by atoms with Crippen LogP contribution in [-0.2, 0) is 0 Å². The van der Waals surface area contributed by atoms with Gasteiger partial charge in [0.1, 0.15) is 11.7 Å². The first kappa shape index (κ1) is 8.74. The molecule has 16 heavy (non-hydrogen) atoms. The Balaban J connectivity index is 2.63. The molecule has 76 valence electrons. The van der Waals surface area contributed by atoms with Crippen molar-refractivity contribution < 1.29 is 0 Å². The lowest BCUT2D eigenvalue weighted by Gasteiger charge is -2.00. The van der Waals surface area contributed by atoms with Crippen LogP contribution in [-0.4, -0.2) is 9.38 Å². The highest BCUT2D eigenvalue weighted by Crippen LogP contribution is 2.13. The van der Waals surface area contributed by atoms with Crippen LogP contribution in [0.25, 0.3) is 16.6 Å². The van der Waals surface area contributed by atoms with Gasteiger partial charge < -0.3 is 9.38 Å². The van der Waals surface area contributed by atoms with Gasteiger partial charge in [-0.25, -0.2) is 0 Å². The molecule has 3 aromatic rings. The molecular weight excluding hydrogens is 202 g/mol. The Hall–Kier alpha value is -2.54. The van der Waals surface area contributed by atoms with Crippen molar-refractivity contribution in [3.8, 4) is 6.07 Å². The zero-order valence-corrected chi connectivity index (χ0v) is 8.27. The number of hydrogen-bond donors (Lipinski definition) is 1. The summed E-state index contributed by atoms with van der Waals surface area (Å²) >= 11 is 0. The van der Waals surface area contributed by atoms with E-state index < -0.39 is 0 Å². The van der Waals surface area contributed by atoms with Crippen molar-refractivity contribution in [3.05, 3.63) is 52.4 Å². The smallest absolute Gasteiger partial charge is 0.258 e. The first-order chi connectivity index (χ1) is 7.79. The van der Waals surface area contributed by atoms with Crippen LogP contribution in [0.5, 0.6) is 0 Å². The van der Waals surface area contributed by atoms with Crippen LogP contribution in [0.2, 0.25) is 0 Å². The van der Waals surface area contributed by atoms with E-state index >= 15 is 0 Å². The van der Waals surface area contributed by atoms with Gasteiger partial charge in [0.15, 0.2) is 0 Å². The molecule has 0 radical (unpaired) electrons. The van der Waals surface area contributed by atoms with Gasteiger partial charge in [-0.15, -0.1) is 0 Å². The minimum Gasteiger partial charge on any atom is -0.308 e. The molecule has 3 rings (SSSR count). The summed E-state index contributed by atoms with van der Waals surface area (Å²) in [6, 6.07) is 11.0. The second-order valence-electron chi connectivity index (χ2n) is 3.57. The predicted octanol–water partition coefficient (Wildman–Crippen LogP) is 1.65. The predicted molar refractivity (Wildman–Crippen MR) is 60.2 cm³/mol. The van der Waals surface area contributed by atoms with Crippen molar-refractivity contribution in [2.75, 3.05) is 0 Å². The summed E-state index contributed by atoms with van der Waals surface area (Å²) < 4.78 is 1.81. The summed E-state index contributed by atoms with van der Waals surface area (Å²) in [5, 5.41) is 9.45. The van der Waals surface area contributed by atoms with E-state index in [1.807, 2.05) is 22.6 Å². The minimum absolute atomic E-state index is 0.134. The normalized spacial score (nSPS) is 10.7. The molecule has 2 aromatic heterocycles. The number of benzene rings is 1. The largest absolute Gasteiger partial charge is 0.308 e. The van der Waals surface area contributed by atoms with E-state index in [1.54, 1.807) is 18.3 Å². The van der Waals surface area contributed by atoms with Crippen LogP contribution in [0.4, 0.5) is 0 Å². The lowest BCUT2D eigenvalue weighted by Crippen LogP contribution is -2.08. The maximum Gasteiger partial charge on any atom is 0.258 e. The molecular formula is C12H7N3O. The summed E-state index contributed by atoms with van der Waals surface area (Å²) in [7, 11) is 0. The average molecular weight is 209 g/mol. The number of H-pyrrole nitrogens is 1. The highest BCUT2D eigenvalue weighted by Gasteiger charge is 2.05. The number of nitrogens with one attached hydrogen (secondary N) is 1. The van der Waals surface area contributed by atoms with Crippen LogP contribution in [0.3, 0.4) is 0 Å².